The van der Waals surface area contributed by atoms with Gasteiger partial charge in [0.25, 0.3) is 5.91 Å². The van der Waals surface area contributed by atoms with Crippen LogP contribution in [0.1, 0.15) is 23.2 Å². The number of hydrogen-bond acceptors (Lipinski definition) is 4. The molecule has 0 saturated carbocycles. The molecule has 22 heavy (non-hydrogen) atoms. The van der Waals surface area contributed by atoms with E-state index in [0.717, 1.165) is 25.9 Å². The van der Waals surface area contributed by atoms with Gasteiger partial charge in [-0.05, 0) is 44.0 Å². The van der Waals surface area contributed by atoms with Gasteiger partial charge in [0.1, 0.15) is 0 Å². The largest absolute Gasteiger partial charge is 0.397 e. The summed E-state index contributed by atoms with van der Waals surface area (Å²) >= 11 is 5.87. The van der Waals surface area contributed by atoms with Gasteiger partial charge in [-0.1, -0.05) is 17.7 Å². The van der Waals surface area contributed by atoms with Crippen LogP contribution in [0.5, 0.6) is 0 Å². The Morgan fingerprint density at radius 3 is 2.73 bits per heavy atom. The lowest BCUT2D eigenvalue weighted by atomic mass is 9.98. The average molecular weight is 325 g/mol. The van der Waals surface area contributed by atoms with Gasteiger partial charge in [-0.15, -0.1) is 0 Å². The van der Waals surface area contributed by atoms with Gasteiger partial charge in [0.2, 0.25) is 5.91 Å². The first-order valence-electron chi connectivity index (χ1n) is 7.37. The van der Waals surface area contributed by atoms with Crippen LogP contribution in [-0.2, 0) is 4.79 Å². The molecule has 1 heterocycles. The van der Waals surface area contributed by atoms with Crippen molar-refractivity contribution in [2.45, 2.75) is 12.8 Å². The van der Waals surface area contributed by atoms with Crippen LogP contribution in [0.2, 0.25) is 5.02 Å². The quantitative estimate of drug-likeness (QED) is 0.601. The molecule has 1 fully saturated rings. The molecule has 2 rings (SSSR count). The molecule has 0 spiro atoms. The van der Waals surface area contributed by atoms with Crippen molar-refractivity contribution in [3.63, 3.8) is 0 Å². The minimum atomic E-state index is -0.406. The fourth-order valence-corrected chi connectivity index (χ4v) is 2.57. The van der Waals surface area contributed by atoms with E-state index in [2.05, 4.69) is 16.0 Å². The number of carbonyl (C=O) groups is 2. The van der Waals surface area contributed by atoms with Crippen molar-refractivity contribution in [3.05, 3.63) is 28.8 Å². The lowest BCUT2D eigenvalue weighted by Gasteiger charge is -2.22. The molecule has 1 aliphatic rings. The van der Waals surface area contributed by atoms with E-state index in [-0.39, 0.29) is 23.7 Å². The molecule has 0 atom stereocenters. The second-order valence-electron chi connectivity index (χ2n) is 5.38. The molecular weight excluding hydrogens is 304 g/mol. The maximum Gasteiger partial charge on any atom is 0.253 e. The Balaban J connectivity index is 1.75. The maximum absolute atomic E-state index is 12.0. The number of piperidine rings is 1. The molecule has 2 amide bonds. The number of benzene rings is 1. The molecular formula is C15H21ClN4O2. The Hall–Kier alpha value is -1.79. The summed E-state index contributed by atoms with van der Waals surface area (Å²) in [6, 6.07) is 4.83. The lowest BCUT2D eigenvalue weighted by Crippen LogP contribution is -2.41. The van der Waals surface area contributed by atoms with E-state index in [0.29, 0.717) is 17.5 Å². The van der Waals surface area contributed by atoms with Crippen LogP contribution in [0.4, 0.5) is 5.69 Å². The molecule has 1 aliphatic heterocycles. The Labute approximate surface area is 134 Å². The Kier molecular flexibility index (Phi) is 6.03. The molecule has 1 saturated heterocycles. The number of amides is 2. The van der Waals surface area contributed by atoms with E-state index in [9.17, 15) is 9.59 Å². The predicted molar refractivity (Wildman–Crippen MR) is 86.8 cm³/mol. The van der Waals surface area contributed by atoms with E-state index >= 15 is 0 Å². The highest BCUT2D eigenvalue weighted by Crippen LogP contribution is 2.22. The number of nitrogens with one attached hydrogen (secondary N) is 3. The van der Waals surface area contributed by atoms with Gasteiger partial charge in [0.05, 0.1) is 22.8 Å². The van der Waals surface area contributed by atoms with E-state index in [1.54, 1.807) is 18.2 Å². The van der Waals surface area contributed by atoms with Crippen molar-refractivity contribution in [3.8, 4) is 0 Å². The zero-order valence-electron chi connectivity index (χ0n) is 12.3. The summed E-state index contributed by atoms with van der Waals surface area (Å²) in [5, 5.41) is 9.00. The van der Waals surface area contributed by atoms with E-state index in [1.165, 1.54) is 0 Å². The molecule has 120 valence electrons. The summed E-state index contributed by atoms with van der Waals surface area (Å²) < 4.78 is 0. The highest BCUT2D eigenvalue weighted by Gasteiger charge is 2.15. The third-order valence-corrected chi connectivity index (χ3v) is 4.08. The summed E-state index contributed by atoms with van der Waals surface area (Å²) in [5.74, 6) is -0.103. The maximum atomic E-state index is 12.0. The van der Waals surface area contributed by atoms with Gasteiger partial charge < -0.3 is 21.7 Å². The van der Waals surface area contributed by atoms with E-state index in [1.807, 2.05) is 0 Å². The number of hydrogen-bond donors (Lipinski definition) is 4. The van der Waals surface area contributed by atoms with Crippen LogP contribution >= 0.6 is 11.6 Å². The van der Waals surface area contributed by atoms with Gasteiger partial charge in [-0.2, -0.15) is 0 Å². The van der Waals surface area contributed by atoms with E-state index < -0.39 is 5.91 Å². The third-order valence-electron chi connectivity index (χ3n) is 3.75. The zero-order valence-corrected chi connectivity index (χ0v) is 13.1. The van der Waals surface area contributed by atoms with Crippen LogP contribution in [0.15, 0.2) is 18.2 Å². The minimum absolute atomic E-state index is 0.0737. The summed E-state index contributed by atoms with van der Waals surface area (Å²) in [4.78, 5) is 23.8. The van der Waals surface area contributed by atoms with Crippen LogP contribution in [0.25, 0.3) is 0 Å². The second-order valence-corrected chi connectivity index (χ2v) is 5.79. The summed E-state index contributed by atoms with van der Waals surface area (Å²) in [5.41, 5.74) is 6.24. The fraction of sp³-hybridized carbons (Fsp3) is 0.467. The number of para-hydroxylation sites is 1. The summed E-state index contributed by atoms with van der Waals surface area (Å²) in [6.45, 7) is 2.56. The summed E-state index contributed by atoms with van der Waals surface area (Å²) in [7, 11) is 0. The number of halogens is 1. The molecule has 5 N–H and O–H groups in total. The first kappa shape index (κ1) is 16.6. The lowest BCUT2D eigenvalue weighted by molar-refractivity contribution is -0.120. The van der Waals surface area contributed by atoms with Crippen molar-refractivity contribution in [2.24, 2.45) is 5.92 Å². The van der Waals surface area contributed by atoms with Crippen molar-refractivity contribution in [2.75, 3.05) is 31.9 Å². The molecule has 6 nitrogen and oxygen atoms in total. The van der Waals surface area contributed by atoms with Crippen molar-refractivity contribution < 1.29 is 9.59 Å². The number of nitrogen functional groups attached to an aromatic ring is 1. The van der Waals surface area contributed by atoms with Crippen LogP contribution in [-0.4, -0.2) is 38.0 Å². The van der Waals surface area contributed by atoms with E-state index in [4.69, 9.17) is 17.3 Å². The molecule has 0 unspecified atom stereocenters. The van der Waals surface area contributed by atoms with Crippen molar-refractivity contribution >= 4 is 29.1 Å². The standard InChI is InChI=1S/C15H21ClN4O2/c16-12-3-1-2-11(14(12)17)15(22)20-9-13(21)19-8-10-4-6-18-7-5-10/h1-3,10,18H,4-9,17H2,(H,19,21)(H,20,22). The van der Waals surface area contributed by atoms with Crippen LogP contribution in [0.3, 0.4) is 0 Å². The van der Waals surface area contributed by atoms with Gasteiger partial charge in [-0.25, -0.2) is 0 Å². The number of anilines is 1. The second kappa shape index (κ2) is 8.00. The molecule has 7 heteroatoms. The molecule has 0 radical (unpaired) electrons. The van der Waals surface area contributed by atoms with Gasteiger partial charge in [0, 0.05) is 6.54 Å². The number of rotatable bonds is 5. The Bertz CT molecular complexity index is 544. The highest BCUT2D eigenvalue weighted by molar-refractivity contribution is 6.33. The molecule has 0 aliphatic carbocycles. The normalized spacial score (nSPS) is 15.3. The minimum Gasteiger partial charge on any atom is -0.397 e. The van der Waals surface area contributed by atoms with Gasteiger partial charge in [0.15, 0.2) is 0 Å². The fourth-order valence-electron chi connectivity index (χ4n) is 2.40. The Morgan fingerprint density at radius 2 is 2.00 bits per heavy atom. The first-order chi connectivity index (χ1) is 10.6. The zero-order chi connectivity index (χ0) is 15.9. The SMILES string of the molecule is Nc1c(Cl)cccc1C(=O)NCC(=O)NCC1CCNCC1. The molecule has 1 aromatic carbocycles. The number of nitrogens with two attached hydrogens (primary N) is 1. The molecule has 0 bridgehead atoms. The predicted octanol–water partition coefficient (Wildman–Crippen LogP) is 0.768. The molecule has 0 aromatic heterocycles. The molecule has 1 aromatic rings. The summed E-state index contributed by atoms with van der Waals surface area (Å²) in [6.07, 6.45) is 2.12. The first-order valence-corrected chi connectivity index (χ1v) is 7.75. The van der Waals surface area contributed by atoms with Crippen LogP contribution in [0, 0.1) is 5.92 Å². The Morgan fingerprint density at radius 1 is 1.27 bits per heavy atom. The monoisotopic (exact) mass is 324 g/mol. The third kappa shape index (κ3) is 4.61. The average Bonchev–Trinajstić information content (AvgIpc) is 2.54. The van der Waals surface area contributed by atoms with Crippen LogP contribution < -0.4 is 21.7 Å². The van der Waals surface area contributed by atoms with Crippen molar-refractivity contribution in [1.29, 1.82) is 0 Å². The number of carbonyl (C=O) groups excluding carboxylic acids is 2. The highest BCUT2D eigenvalue weighted by atomic mass is 35.5. The van der Waals surface area contributed by atoms with Gasteiger partial charge >= 0.3 is 0 Å². The smallest absolute Gasteiger partial charge is 0.253 e. The van der Waals surface area contributed by atoms with Crippen molar-refractivity contribution in [1.82, 2.24) is 16.0 Å². The topological polar surface area (TPSA) is 96.2 Å². The van der Waals surface area contributed by atoms with Gasteiger partial charge in [-0.3, -0.25) is 9.59 Å².